The molecule has 0 aromatic carbocycles. The average molecular weight is 258 g/mol. The molecule has 110 valence electrons. The maximum atomic E-state index is 5.21. The van der Waals surface area contributed by atoms with E-state index in [0.29, 0.717) is 18.0 Å². The average Bonchev–Trinajstić information content (AvgIpc) is 2.24. The van der Waals surface area contributed by atoms with Gasteiger partial charge in [-0.3, -0.25) is 4.90 Å². The number of hydrogen-bond donors (Lipinski definition) is 1. The van der Waals surface area contributed by atoms with Gasteiger partial charge in [0, 0.05) is 31.3 Å². The second kappa shape index (κ2) is 8.13. The van der Waals surface area contributed by atoms with Gasteiger partial charge < -0.3 is 10.1 Å². The monoisotopic (exact) mass is 258 g/mol. The number of hydrogen-bond acceptors (Lipinski definition) is 3. The van der Waals surface area contributed by atoms with Crippen LogP contribution in [0.25, 0.3) is 0 Å². The van der Waals surface area contributed by atoms with Crippen LogP contribution in [-0.4, -0.2) is 49.3 Å². The van der Waals surface area contributed by atoms with Gasteiger partial charge in [0.2, 0.25) is 0 Å². The van der Waals surface area contributed by atoms with E-state index >= 15 is 0 Å². The van der Waals surface area contributed by atoms with E-state index in [9.17, 15) is 0 Å². The molecule has 0 aliphatic heterocycles. The van der Waals surface area contributed by atoms with Crippen molar-refractivity contribution in [3.63, 3.8) is 0 Å². The lowest BCUT2D eigenvalue weighted by Crippen LogP contribution is -2.48. The minimum absolute atomic E-state index is 0.198. The van der Waals surface area contributed by atoms with Crippen LogP contribution in [0.3, 0.4) is 0 Å². The van der Waals surface area contributed by atoms with Gasteiger partial charge in [0.1, 0.15) is 0 Å². The molecule has 0 bridgehead atoms. The Morgan fingerprint density at radius 1 is 1.11 bits per heavy atom. The number of rotatable bonds is 8. The van der Waals surface area contributed by atoms with Gasteiger partial charge in [0.15, 0.2) is 0 Å². The van der Waals surface area contributed by atoms with E-state index in [2.05, 4.69) is 58.7 Å². The highest BCUT2D eigenvalue weighted by Gasteiger charge is 2.23. The first-order chi connectivity index (χ1) is 8.19. The molecule has 18 heavy (non-hydrogen) atoms. The van der Waals surface area contributed by atoms with E-state index in [0.717, 1.165) is 19.7 Å². The predicted octanol–water partition coefficient (Wildman–Crippen LogP) is 2.76. The highest BCUT2D eigenvalue weighted by molar-refractivity contribution is 4.80. The van der Waals surface area contributed by atoms with Crippen molar-refractivity contribution in [1.29, 1.82) is 0 Å². The summed E-state index contributed by atoms with van der Waals surface area (Å²) >= 11 is 0. The Hall–Kier alpha value is -0.120. The molecule has 0 amide bonds. The predicted molar refractivity (Wildman–Crippen MR) is 80.1 cm³/mol. The number of nitrogens with one attached hydrogen (secondary N) is 1. The molecule has 3 nitrogen and oxygen atoms in total. The standard InChI is InChI=1S/C15H34N2O/c1-12(2)17(9-10-18-8)14(4)13(3)11-16-15(5,6)7/h12-14,16H,9-11H2,1-8H3. The van der Waals surface area contributed by atoms with Crippen LogP contribution in [0, 0.1) is 5.92 Å². The molecule has 0 spiro atoms. The Bertz CT molecular complexity index is 211. The first kappa shape index (κ1) is 17.9. The molecule has 1 N–H and O–H groups in total. The smallest absolute Gasteiger partial charge is 0.0589 e. The van der Waals surface area contributed by atoms with Crippen LogP contribution < -0.4 is 5.32 Å². The van der Waals surface area contributed by atoms with Gasteiger partial charge in [-0.15, -0.1) is 0 Å². The van der Waals surface area contributed by atoms with Crippen LogP contribution in [0.1, 0.15) is 48.5 Å². The third kappa shape index (κ3) is 7.34. The van der Waals surface area contributed by atoms with E-state index in [1.807, 2.05) is 0 Å². The molecule has 0 aromatic heterocycles. The fraction of sp³-hybridized carbons (Fsp3) is 1.00. The van der Waals surface area contributed by atoms with Gasteiger partial charge in [-0.25, -0.2) is 0 Å². The van der Waals surface area contributed by atoms with Crippen molar-refractivity contribution in [1.82, 2.24) is 10.2 Å². The Morgan fingerprint density at radius 3 is 2.06 bits per heavy atom. The maximum Gasteiger partial charge on any atom is 0.0589 e. The van der Waals surface area contributed by atoms with Gasteiger partial charge in [-0.05, 0) is 54.0 Å². The molecule has 3 heteroatoms. The third-order valence-electron chi connectivity index (χ3n) is 3.52. The molecule has 0 aromatic rings. The lowest BCUT2D eigenvalue weighted by molar-refractivity contribution is 0.0785. The summed E-state index contributed by atoms with van der Waals surface area (Å²) in [5.74, 6) is 0.628. The summed E-state index contributed by atoms with van der Waals surface area (Å²) in [5.41, 5.74) is 0.198. The van der Waals surface area contributed by atoms with E-state index in [1.165, 1.54) is 0 Å². The van der Waals surface area contributed by atoms with Crippen LogP contribution in [0.5, 0.6) is 0 Å². The molecular formula is C15H34N2O. The Morgan fingerprint density at radius 2 is 1.67 bits per heavy atom. The summed E-state index contributed by atoms with van der Waals surface area (Å²) in [7, 11) is 1.77. The Labute approximate surface area is 114 Å². The normalized spacial score (nSPS) is 16.3. The van der Waals surface area contributed by atoms with Crippen LogP contribution in [0.4, 0.5) is 0 Å². The first-order valence-electron chi connectivity index (χ1n) is 7.18. The molecule has 0 rings (SSSR count). The summed E-state index contributed by atoms with van der Waals surface area (Å²) in [6.07, 6.45) is 0. The Balaban J connectivity index is 4.32. The van der Waals surface area contributed by atoms with Gasteiger partial charge in [0.05, 0.1) is 6.61 Å². The molecule has 0 fully saturated rings. The fourth-order valence-electron chi connectivity index (χ4n) is 2.09. The number of ether oxygens (including phenoxy) is 1. The largest absolute Gasteiger partial charge is 0.383 e. The van der Waals surface area contributed by atoms with E-state index in [1.54, 1.807) is 7.11 Å². The molecule has 0 aliphatic rings. The van der Waals surface area contributed by atoms with Gasteiger partial charge >= 0.3 is 0 Å². The lowest BCUT2D eigenvalue weighted by Gasteiger charge is -2.37. The van der Waals surface area contributed by atoms with Crippen molar-refractivity contribution in [2.45, 2.75) is 66.1 Å². The lowest BCUT2D eigenvalue weighted by atomic mass is 9.99. The van der Waals surface area contributed by atoms with Crippen LogP contribution in [0.15, 0.2) is 0 Å². The van der Waals surface area contributed by atoms with Crippen LogP contribution in [-0.2, 0) is 4.74 Å². The summed E-state index contributed by atoms with van der Waals surface area (Å²) in [5, 5.41) is 3.59. The van der Waals surface area contributed by atoms with E-state index < -0.39 is 0 Å². The molecular weight excluding hydrogens is 224 g/mol. The summed E-state index contributed by atoms with van der Waals surface area (Å²) in [4.78, 5) is 2.53. The second-order valence-electron chi connectivity index (χ2n) is 6.67. The highest BCUT2D eigenvalue weighted by Crippen LogP contribution is 2.14. The van der Waals surface area contributed by atoms with Gasteiger partial charge in [-0.2, -0.15) is 0 Å². The maximum absolute atomic E-state index is 5.21. The number of nitrogens with zero attached hydrogens (tertiary/aromatic N) is 1. The van der Waals surface area contributed by atoms with Crippen molar-refractivity contribution < 1.29 is 4.74 Å². The minimum Gasteiger partial charge on any atom is -0.383 e. The topological polar surface area (TPSA) is 24.5 Å². The Kier molecular flexibility index (Phi) is 8.08. The molecule has 0 radical (unpaired) electrons. The first-order valence-corrected chi connectivity index (χ1v) is 7.18. The van der Waals surface area contributed by atoms with Crippen molar-refractivity contribution in [2.24, 2.45) is 5.92 Å². The molecule has 0 saturated carbocycles. The number of methoxy groups -OCH3 is 1. The zero-order valence-corrected chi connectivity index (χ0v) is 13.7. The summed E-state index contributed by atoms with van der Waals surface area (Å²) in [6, 6.07) is 1.13. The highest BCUT2D eigenvalue weighted by atomic mass is 16.5. The van der Waals surface area contributed by atoms with Crippen molar-refractivity contribution in [2.75, 3.05) is 26.8 Å². The molecule has 0 heterocycles. The van der Waals surface area contributed by atoms with Crippen molar-refractivity contribution in [3.05, 3.63) is 0 Å². The van der Waals surface area contributed by atoms with Crippen LogP contribution in [0.2, 0.25) is 0 Å². The molecule has 0 saturated heterocycles. The second-order valence-corrected chi connectivity index (χ2v) is 6.67. The van der Waals surface area contributed by atoms with E-state index in [-0.39, 0.29) is 5.54 Å². The fourth-order valence-corrected chi connectivity index (χ4v) is 2.09. The van der Waals surface area contributed by atoms with Gasteiger partial charge in [0.25, 0.3) is 0 Å². The zero-order chi connectivity index (χ0) is 14.3. The SMILES string of the molecule is COCCN(C(C)C)C(C)C(C)CNC(C)(C)C. The summed E-state index contributed by atoms with van der Waals surface area (Å²) in [6.45, 7) is 18.7. The molecule has 0 aliphatic carbocycles. The minimum atomic E-state index is 0.198. The van der Waals surface area contributed by atoms with Crippen LogP contribution >= 0.6 is 0 Å². The summed E-state index contributed by atoms with van der Waals surface area (Å²) < 4.78 is 5.21. The van der Waals surface area contributed by atoms with Gasteiger partial charge in [-0.1, -0.05) is 6.92 Å². The van der Waals surface area contributed by atoms with E-state index in [4.69, 9.17) is 4.74 Å². The molecule has 2 atom stereocenters. The van der Waals surface area contributed by atoms with Crippen molar-refractivity contribution >= 4 is 0 Å². The quantitative estimate of drug-likeness (QED) is 0.724. The molecule has 2 unspecified atom stereocenters. The van der Waals surface area contributed by atoms with Crippen molar-refractivity contribution in [3.8, 4) is 0 Å². The third-order valence-corrected chi connectivity index (χ3v) is 3.52. The zero-order valence-electron chi connectivity index (χ0n) is 13.7.